The molecular formula is C15H20N2O3S. The largest absolute Gasteiger partial charge is 0.496 e. The summed E-state index contributed by atoms with van der Waals surface area (Å²) in [5.41, 5.74) is 4.88. The third-order valence-electron chi connectivity index (χ3n) is 3.42. The first-order chi connectivity index (χ1) is 10.2. The molecule has 2 aromatic rings. The molecule has 114 valence electrons. The summed E-state index contributed by atoms with van der Waals surface area (Å²) in [6.45, 7) is 2.07. The van der Waals surface area contributed by atoms with Crippen molar-refractivity contribution < 1.29 is 14.2 Å². The number of rotatable bonds is 6. The van der Waals surface area contributed by atoms with Crippen LogP contribution in [0.1, 0.15) is 22.0 Å². The van der Waals surface area contributed by atoms with Gasteiger partial charge in [-0.05, 0) is 30.0 Å². The maximum absolute atomic E-state index is 5.78. The Morgan fingerprint density at radius 1 is 1.00 bits per heavy atom. The molecule has 0 aliphatic rings. The van der Waals surface area contributed by atoms with Gasteiger partial charge < -0.3 is 14.2 Å². The zero-order chi connectivity index (χ0) is 15.4. The van der Waals surface area contributed by atoms with E-state index in [1.807, 2.05) is 11.4 Å². The predicted molar refractivity (Wildman–Crippen MR) is 84.3 cm³/mol. The number of methoxy groups -OCH3 is 3. The molecule has 0 bridgehead atoms. The number of benzene rings is 1. The average Bonchev–Trinajstić information content (AvgIpc) is 2.93. The molecule has 0 fully saturated rings. The lowest BCUT2D eigenvalue weighted by Gasteiger charge is -2.21. The molecule has 6 heteroatoms. The van der Waals surface area contributed by atoms with Gasteiger partial charge in [-0.1, -0.05) is 0 Å². The van der Waals surface area contributed by atoms with Crippen LogP contribution in [0.4, 0.5) is 0 Å². The van der Waals surface area contributed by atoms with Gasteiger partial charge in [0.2, 0.25) is 0 Å². The molecule has 0 amide bonds. The number of nitrogens with two attached hydrogens (primary N) is 1. The normalized spacial score (nSPS) is 12.0. The van der Waals surface area contributed by atoms with Crippen LogP contribution in [0.2, 0.25) is 0 Å². The minimum atomic E-state index is -0.175. The second-order valence-corrected chi connectivity index (χ2v) is 5.60. The van der Waals surface area contributed by atoms with Crippen molar-refractivity contribution in [3.05, 3.63) is 39.6 Å². The molecule has 0 aliphatic carbocycles. The Morgan fingerprint density at radius 3 is 2.10 bits per heavy atom. The van der Waals surface area contributed by atoms with Crippen LogP contribution in [0, 0.1) is 6.92 Å². The molecule has 1 unspecified atom stereocenters. The van der Waals surface area contributed by atoms with E-state index in [2.05, 4.69) is 18.4 Å². The minimum absolute atomic E-state index is 0.175. The first-order valence-corrected chi connectivity index (χ1v) is 7.34. The van der Waals surface area contributed by atoms with Crippen LogP contribution < -0.4 is 25.5 Å². The quantitative estimate of drug-likeness (QED) is 0.634. The van der Waals surface area contributed by atoms with E-state index in [0.29, 0.717) is 17.2 Å². The van der Waals surface area contributed by atoms with Crippen molar-refractivity contribution in [2.75, 3.05) is 21.3 Å². The Labute approximate surface area is 128 Å². The van der Waals surface area contributed by atoms with Gasteiger partial charge in [-0.2, -0.15) is 0 Å². The summed E-state index contributed by atoms with van der Waals surface area (Å²) in [6.07, 6.45) is 0. The number of hydrogen-bond donors (Lipinski definition) is 2. The van der Waals surface area contributed by atoms with Crippen molar-refractivity contribution in [3.8, 4) is 17.2 Å². The van der Waals surface area contributed by atoms with Crippen molar-refractivity contribution in [1.82, 2.24) is 5.43 Å². The highest BCUT2D eigenvalue weighted by atomic mass is 32.1. The van der Waals surface area contributed by atoms with Crippen molar-refractivity contribution in [2.24, 2.45) is 5.84 Å². The lowest BCUT2D eigenvalue weighted by molar-refractivity contribution is 0.346. The monoisotopic (exact) mass is 308 g/mol. The highest BCUT2D eigenvalue weighted by molar-refractivity contribution is 7.10. The van der Waals surface area contributed by atoms with Crippen molar-refractivity contribution in [3.63, 3.8) is 0 Å². The van der Waals surface area contributed by atoms with Crippen molar-refractivity contribution >= 4 is 11.3 Å². The highest BCUT2D eigenvalue weighted by Crippen LogP contribution is 2.40. The number of thiophene rings is 1. The number of hydrazine groups is 1. The van der Waals surface area contributed by atoms with Crippen molar-refractivity contribution in [1.29, 1.82) is 0 Å². The second-order valence-electron chi connectivity index (χ2n) is 4.48. The molecule has 5 nitrogen and oxygen atoms in total. The smallest absolute Gasteiger partial charge is 0.164 e. The summed E-state index contributed by atoms with van der Waals surface area (Å²) in [7, 11) is 4.83. The van der Waals surface area contributed by atoms with Gasteiger partial charge in [0.15, 0.2) is 11.5 Å². The van der Waals surface area contributed by atoms with E-state index >= 15 is 0 Å². The van der Waals surface area contributed by atoms with Crippen LogP contribution in [-0.2, 0) is 0 Å². The van der Waals surface area contributed by atoms with Gasteiger partial charge in [0.05, 0.1) is 27.4 Å². The maximum atomic E-state index is 5.78. The molecule has 21 heavy (non-hydrogen) atoms. The van der Waals surface area contributed by atoms with Crippen LogP contribution in [0.25, 0.3) is 0 Å². The predicted octanol–water partition coefficient (Wildman–Crippen LogP) is 2.64. The fourth-order valence-electron chi connectivity index (χ4n) is 2.32. The zero-order valence-corrected chi connectivity index (χ0v) is 13.4. The Hall–Kier alpha value is -1.76. The molecular weight excluding hydrogens is 288 g/mol. The van der Waals surface area contributed by atoms with Crippen LogP contribution in [0.5, 0.6) is 17.2 Å². The molecule has 1 aromatic carbocycles. The Kier molecular flexibility index (Phi) is 5.06. The molecule has 0 aliphatic heterocycles. The third-order valence-corrected chi connectivity index (χ3v) is 4.28. The van der Waals surface area contributed by atoms with Gasteiger partial charge in [-0.25, -0.2) is 5.43 Å². The van der Waals surface area contributed by atoms with Crippen LogP contribution >= 0.6 is 11.3 Å². The van der Waals surface area contributed by atoms with Crippen LogP contribution in [-0.4, -0.2) is 21.3 Å². The summed E-state index contributed by atoms with van der Waals surface area (Å²) < 4.78 is 16.2. The molecule has 1 heterocycles. The molecule has 0 saturated heterocycles. The molecule has 3 N–H and O–H groups in total. The van der Waals surface area contributed by atoms with Gasteiger partial charge in [0.25, 0.3) is 0 Å². The Bertz CT molecular complexity index is 613. The summed E-state index contributed by atoms with van der Waals surface area (Å²) in [5, 5.41) is 2.04. The van der Waals surface area contributed by atoms with Gasteiger partial charge in [-0.3, -0.25) is 5.84 Å². The summed E-state index contributed by atoms with van der Waals surface area (Å²) in [6, 6.07) is 5.58. The van der Waals surface area contributed by atoms with Gasteiger partial charge in [0.1, 0.15) is 5.75 Å². The summed E-state index contributed by atoms with van der Waals surface area (Å²) in [4.78, 5) is 1.20. The van der Waals surface area contributed by atoms with Crippen LogP contribution in [0.3, 0.4) is 0 Å². The number of aryl methyl sites for hydroxylation is 1. The topological polar surface area (TPSA) is 65.7 Å². The van der Waals surface area contributed by atoms with E-state index in [4.69, 9.17) is 20.1 Å². The van der Waals surface area contributed by atoms with E-state index in [0.717, 1.165) is 11.1 Å². The molecule has 2 rings (SSSR count). The first-order valence-electron chi connectivity index (χ1n) is 6.46. The Balaban J connectivity index is 2.57. The fraction of sp³-hybridized carbons (Fsp3) is 0.333. The van der Waals surface area contributed by atoms with E-state index < -0.39 is 0 Å². The molecule has 1 atom stereocenters. The minimum Gasteiger partial charge on any atom is -0.496 e. The standard InChI is InChI=1S/C15H20N2O3S/c1-9-10(5-6-21-9)15(17-16)11-7-13(19-3)14(20-4)8-12(11)18-2/h5-8,15,17H,16H2,1-4H3. The van der Waals surface area contributed by atoms with E-state index in [9.17, 15) is 0 Å². The summed E-state index contributed by atoms with van der Waals surface area (Å²) >= 11 is 1.68. The second kappa shape index (κ2) is 6.80. The van der Waals surface area contributed by atoms with Gasteiger partial charge in [-0.15, -0.1) is 11.3 Å². The molecule has 0 radical (unpaired) electrons. The first kappa shape index (κ1) is 15.6. The molecule has 0 saturated carbocycles. The van der Waals surface area contributed by atoms with E-state index in [1.165, 1.54) is 4.88 Å². The van der Waals surface area contributed by atoms with Gasteiger partial charge >= 0.3 is 0 Å². The number of ether oxygens (including phenoxy) is 3. The number of nitrogens with one attached hydrogen (secondary N) is 1. The van der Waals surface area contributed by atoms with E-state index in [1.54, 1.807) is 38.7 Å². The Morgan fingerprint density at radius 2 is 1.62 bits per heavy atom. The fourth-order valence-corrected chi connectivity index (χ4v) is 3.06. The SMILES string of the molecule is COc1cc(OC)c(C(NN)c2ccsc2C)cc1OC. The highest BCUT2D eigenvalue weighted by Gasteiger charge is 2.22. The average molecular weight is 308 g/mol. The lowest BCUT2D eigenvalue weighted by Crippen LogP contribution is -2.29. The van der Waals surface area contributed by atoms with Crippen molar-refractivity contribution in [2.45, 2.75) is 13.0 Å². The maximum Gasteiger partial charge on any atom is 0.164 e. The van der Waals surface area contributed by atoms with E-state index in [-0.39, 0.29) is 6.04 Å². The number of hydrogen-bond acceptors (Lipinski definition) is 6. The van der Waals surface area contributed by atoms with Gasteiger partial charge in [0, 0.05) is 16.5 Å². The molecule has 0 spiro atoms. The van der Waals surface area contributed by atoms with Crippen LogP contribution in [0.15, 0.2) is 23.6 Å². The zero-order valence-electron chi connectivity index (χ0n) is 12.6. The third kappa shape index (κ3) is 2.97. The lowest BCUT2D eigenvalue weighted by atomic mass is 9.98. The summed E-state index contributed by atoms with van der Waals surface area (Å²) in [5.74, 6) is 7.73. The molecule has 1 aromatic heterocycles.